The standard InChI is InChI=1S/C26H19FN4O2/c27-19-8-5-18(6-9-19)24(32)23-22(17-11-13-30-14-12-17)26(15-28,25(29)33)21-10-7-16-3-1-2-4-20(16)31(21)23/h1-14,21-23H,(H2,29,33)/t21-,22+,23+,26+/m1/s1. The molecule has 5 rings (SSSR count). The van der Waals surface area contributed by atoms with Crippen LogP contribution in [0.5, 0.6) is 0 Å². The number of halogens is 1. The van der Waals surface area contributed by atoms with Crippen LogP contribution in [0.3, 0.4) is 0 Å². The molecule has 0 bridgehead atoms. The number of Topliss-reactive ketones (excluding diaryl/α,β-unsaturated/α-hetero) is 1. The first-order chi connectivity index (χ1) is 16.0. The van der Waals surface area contributed by atoms with E-state index in [9.17, 15) is 19.2 Å². The molecule has 2 aromatic carbocycles. The Kier molecular flexibility index (Phi) is 4.79. The summed E-state index contributed by atoms with van der Waals surface area (Å²) in [5.41, 5.74) is 6.67. The SMILES string of the molecule is N#C[C@@]1(C(N)=O)[C@@H](c2ccncc2)[C@@H](C(=O)c2ccc(F)cc2)N2c3ccccc3C=C[C@@H]21. The Morgan fingerprint density at radius 2 is 1.76 bits per heavy atom. The van der Waals surface area contributed by atoms with Crippen molar-refractivity contribution in [3.8, 4) is 6.07 Å². The number of aromatic nitrogens is 1. The highest BCUT2D eigenvalue weighted by molar-refractivity contribution is 6.06. The van der Waals surface area contributed by atoms with Gasteiger partial charge in [0.25, 0.3) is 0 Å². The predicted molar refractivity (Wildman–Crippen MR) is 120 cm³/mol. The van der Waals surface area contributed by atoms with Crippen molar-refractivity contribution in [1.82, 2.24) is 4.98 Å². The Balaban J connectivity index is 1.80. The lowest BCUT2D eigenvalue weighted by Gasteiger charge is -2.36. The van der Waals surface area contributed by atoms with E-state index in [1.807, 2.05) is 35.2 Å². The number of rotatable bonds is 4. The third-order valence-electron chi connectivity index (χ3n) is 6.60. The molecule has 1 amide bonds. The highest BCUT2D eigenvalue weighted by atomic mass is 19.1. The van der Waals surface area contributed by atoms with E-state index in [4.69, 9.17) is 5.73 Å². The quantitative estimate of drug-likeness (QED) is 0.629. The molecular weight excluding hydrogens is 419 g/mol. The van der Waals surface area contributed by atoms with Gasteiger partial charge in [-0.2, -0.15) is 5.26 Å². The summed E-state index contributed by atoms with van der Waals surface area (Å²) in [6.07, 6.45) is 6.72. The Hall–Kier alpha value is -4.31. The van der Waals surface area contributed by atoms with E-state index in [-0.39, 0.29) is 11.3 Å². The fourth-order valence-electron chi connectivity index (χ4n) is 5.16. The first-order valence-corrected chi connectivity index (χ1v) is 10.5. The number of nitriles is 1. The van der Waals surface area contributed by atoms with Gasteiger partial charge >= 0.3 is 0 Å². The summed E-state index contributed by atoms with van der Waals surface area (Å²) in [4.78, 5) is 32.9. The molecule has 0 aliphatic carbocycles. The van der Waals surface area contributed by atoms with Crippen molar-refractivity contribution < 1.29 is 14.0 Å². The van der Waals surface area contributed by atoms with Crippen LogP contribution in [0.15, 0.2) is 79.1 Å². The Labute approximate surface area is 189 Å². The molecule has 33 heavy (non-hydrogen) atoms. The van der Waals surface area contributed by atoms with E-state index in [1.54, 1.807) is 30.6 Å². The zero-order valence-electron chi connectivity index (χ0n) is 17.4. The molecule has 4 atom stereocenters. The Morgan fingerprint density at radius 1 is 1.06 bits per heavy atom. The van der Waals surface area contributed by atoms with E-state index in [1.165, 1.54) is 24.3 Å². The minimum Gasteiger partial charge on any atom is -0.368 e. The van der Waals surface area contributed by atoms with Crippen molar-refractivity contribution in [3.05, 3.63) is 102 Å². The average molecular weight is 438 g/mol. The number of primary amides is 1. The van der Waals surface area contributed by atoms with Crippen LogP contribution in [0.4, 0.5) is 10.1 Å². The summed E-state index contributed by atoms with van der Waals surface area (Å²) in [6.45, 7) is 0. The van der Waals surface area contributed by atoms with Crippen molar-refractivity contribution >= 4 is 23.5 Å². The number of para-hydroxylation sites is 1. The maximum absolute atomic E-state index is 14.0. The van der Waals surface area contributed by atoms with Crippen molar-refractivity contribution in [1.29, 1.82) is 5.26 Å². The second kappa shape index (κ2) is 7.68. The average Bonchev–Trinajstić information content (AvgIpc) is 3.16. The van der Waals surface area contributed by atoms with E-state index in [2.05, 4.69) is 11.1 Å². The van der Waals surface area contributed by atoms with Gasteiger partial charge in [-0.1, -0.05) is 30.4 Å². The molecule has 0 radical (unpaired) electrons. The zero-order chi connectivity index (χ0) is 23.2. The number of carbonyl (C=O) groups is 2. The summed E-state index contributed by atoms with van der Waals surface area (Å²) in [5, 5.41) is 10.4. The van der Waals surface area contributed by atoms with Crippen molar-refractivity contribution in [2.45, 2.75) is 18.0 Å². The topological polar surface area (TPSA) is 100 Å². The highest BCUT2D eigenvalue weighted by Gasteiger charge is 2.65. The number of pyridine rings is 1. The number of ketones is 1. The summed E-state index contributed by atoms with van der Waals surface area (Å²) in [6, 6.07) is 16.6. The molecule has 0 spiro atoms. The van der Waals surface area contributed by atoms with Gasteiger partial charge in [0.1, 0.15) is 11.9 Å². The lowest BCUT2D eigenvalue weighted by atomic mass is 9.67. The van der Waals surface area contributed by atoms with Gasteiger partial charge in [0.05, 0.1) is 12.1 Å². The van der Waals surface area contributed by atoms with Gasteiger partial charge in [-0.05, 0) is 53.6 Å². The van der Waals surface area contributed by atoms with Gasteiger partial charge < -0.3 is 10.6 Å². The second-order valence-corrected chi connectivity index (χ2v) is 8.19. The van der Waals surface area contributed by atoms with Gasteiger partial charge in [0.15, 0.2) is 11.2 Å². The molecule has 6 nitrogen and oxygen atoms in total. The molecule has 7 heteroatoms. The minimum absolute atomic E-state index is 0.282. The smallest absolute Gasteiger partial charge is 0.241 e. The number of benzene rings is 2. The van der Waals surface area contributed by atoms with Gasteiger partial charge in [0.2, 0.25) is 5.91 Å². The number of anilines is 1. The molecule has 2 aliphatic rings. The molecule has 2 N–H and O–H groups in total. The largest absolute Gasteiger partial charge is 0.368 e. The molecule has 1 fully saturated rings. The molecule has 162 valence electrons. The second-order valence-electron chi connectivity index (χ2n) is 8.19. The molecule has 1 aromatic heterocycles. The Bertz CT molecular complexity index is 1320. The van der Waals surface area contributed by atoms with Crippen LogP contribution in [-0.2, 0) is 4.79 Å². The van der Waals surface area contributed by atoms with Crippen LogP contribution in [0.1, 0.15) is 27.4 Å². The van der Waals surface area contributed by atoms with Crippen molar-refractivity contribution in [2.75, 3.05) is 4.90 Å². The summed E-state index contributed by atoms with van der Waals surface area (Å²) in [5.74, 6) is -2.47. The molecule has 1 saturated heterocycles. The number of carbonyl (C=O) groups excluding carboxylic acids is 2. The van der Waals surface area contributed by atoms with Crippen molar-refractivity contribution in [2.24, 2.45) is 11.1 Å². The number of fused-ring (bicyclic) bond motifs is 3. The Morgan fingerprint density at radius 3 is 2.42 bits per heavy atom. The van der Waals surface area contributed by atoms with Gasteiger partial charge in [0, 0.05) is 29.6 Å². The fraction of sp³-hybridized carbons (Fsp3) is 0.154. The van der Waals surface area contributed by atoms with E-state index < -0.39 is 35.1 Å². The molecular formula is C26H19FN4O2. The maximum atomic E-state index is 14.0. The number of hydrogen-bond acceptors (Lipinski definition) is 5. The van der Waals surface area contributed by atoms with Crippen LogP contribution in [-0.4, -0.2) is 28.8 Å². The third-order valence-corrected chi connectivity index (χ3v) is 6.60. The minimum atomic E-state index is -1.72. The van der Waals surface area contributed by atoms with Crippen LogP contribution >= 0.6 is 0 Å². The third kappa shape index (κ3) is 2.95. The molecule has 3 heterocycles. The molecule has 0 unspecified atom stereocenters. The number of nitrogens with zero attached hydrogens (tertiary/aromatic N) is 3. The zero-order valence-corrected chi connectivity index (χ0v) is 17.4. The maximum Gasteiger partial charge on any atom is 0.241 e. The van der Waals surface area contributed by atoms with E-state index in [0.29, 0.717) is 5.56 Å². The highest BCUT2D eigenvalue weighted by Crippen LogP contribution is 2.55. The van der Waals surface area contributed by atoms with E-state index in [0.717, 1.165) is 11.3 Å². The number of amides is 1. The molecule has 0 saturated carbocycles. The monoisotopic (exact) mass is 438 g/mol. The summed E-state index contributed by atoms with van der Waals surface area (Å²) < 4.78 is 13.6. The molecule has 3 aromatic rings. The number of hydrogen-bond donors (Lipinski definition) is 1. The van der Waals surface area contributed by atoms with E-state index >= 15 is 0 Å². The van der Waals surface area contributed by atoms with Gasteiger partial charge in [-0.15, -0.1) is 0 Å². The first-order valence-electron chi connectivity index (χ1n) is 10.5. The lowest BCUT2D eigenvalue weighted by Crippen LogP contribution is -2.49. The summed E-state index contributed by atoms with van der Waals surface area (Å²) in [7, 11) is 0. The van der Waals surface area contributed by atoms with Crippen LogP contribution < -0.4 is 10.6 Å². The van der Waals surface area contributed by atoms with Gasteiger partial charge in [-0.3, -0.25) is 14.6 Å². The van der Waals surface area contributed by atoms with Crippen molar-refractivity contribution in [3.63, 3.8) is 0 Å². The van der Waals surface area contributed by atoms with Crippen LogP contribution in [0.2, 0.25) is 0 Å². The van der Waals surface area contributed by atoms with Gasteiger partial charge in [-0.25, -0.2) is 4.39 Å². The normalized spacial score (nSPS) is 25.1. The number of nitrogens with two attached hydrogens (primary N) is 1. The first kappa shape index (κ1) is 20.6. The predicted octanol–water partition coefficient (Wildman–Crippen LogP) is 3.47. The van der Waals surface area contributed by atoms with Crippen LogP contribution in [0, 0.1) is 22.6 Å². The molecule has 2 aliphatic heterocycles. The lowest BCUT2D eigenvalue weighted by molar-refractivity contribution is -0.125. The van der Waals surface area contributed by atoms with Crippen LogP contribution in [0.25, 0.3) is 6.08 Å². The fourth-order valence-corrected chi connectivity index (χ4v) is 5.16. The summed E-state index contributed by atoms with van der Waals surface area (Å²) >= 11 is 0.